The van der Waals surface area contributed by atoms with E-state index in [1.165, 1.54) is 6.07 Å². The third-order valence-corrected chi connectivity index (χ3v) is 2.84. The van der Waals surface area contributed by atoms with Gasteiger partial charge in [0.2, 0.25) is 0 Å². The van der Waals surface area contributed by atoms with Gasteiger partial charge in [0.1, 0.15) is 5.82 Å². The van der Waals surface area contributed by atoms with E-state index in [9.17, 15) is 4.39 Å². The largest absolute Gasteiger partial charge is 0.466 e. The molecule has 18 heavy (non-hydrogen) atoms. The summed E-state index contributed by atoms with van der Waals surface area (Å²) in [5, 5.41) is 0.519. The van der Waals surface area contributed by atoms with Crippen LogP contribution in [0, 0.1) is 5.82 Å². The Morgan fingerprint density at radius 2 is 1.94 bits per heavy atom. The molecule has 0 saturated heterocycles. The highest BCUT2D eigenvalue weighted by Gasteiger charge is 2.18. The molecule has 5 N–H and O–H groups in total. The summed E-state index contributed by atoms with van der Waals surface area (Å²) >= 11 is 5.92. The van der Waals surface area contributed by atoms with Crippen molar-refractivity contribution >= 4 is 19.4 Å². The summed E-state index contributed by atoms with van der Waals surface area (Å²) in [6, 6.07) is 3.10. The van der Waals surface area contributed by atoms with Crippen LogP contribution in [0.15, 0.2) is 12.1 Å². The first-order valence-electron chi connectivity index (χ1n) is 5.17. The third kappa shape index (κ3) is 5.44. The number of rotatable bonds is 0. The van der Waals surface area contributed by atoms with Crippen molar-refractivity contribution < 1.29 is 23.6 Å². The number of aryl methyl sites for hydroxylation is 1. The Hall–Kier alpha value is -0.490. The number of halogens is 2. The van der Waals surface area contributed by atoms with Gasteiger partial charge in [0.05, 0.1) is 0 Å². The number of phosphoric acid groups is 1. The van der Waals surface area contributed by atoms with Crippen molar-refractivity contribution in [3.8, 4) is 0 Å². The van der Waals surface area contributed by atoms with Crippen molar-refractivity contribution in [1.82, 2.24) is 0 Å². The monoisotopic (exact) mass is 297 g/mol. The molecule has 0 spiro atoms. The third-order valence-electron chi connectivity index (χ3n) is 2.50. The van der Waals surface area contributed by atoms with Gasteiger partial charge >= 0.3 is 7.82 Å². The highest BCUT2D eigenvalue weighted by atomic mass is 35.5. The van der Waals surface area contributed by atoms with Crippen molar-refractivity contribution in [1.29, 1.82) is 0 Å². The molecule has 0 aliphatic heterocycles. The van der Waals surface area contributed by atoms with E-state index in [0.29, 0.717) is 5.02 Å². The van der Waals surface area contributed by atoms with Gasteiger partial charge in [0.25, 0.3) is 0 Å². The zero-order valence-corrected chi connectivity index (χ0v) is 11.0. The first-order chi connectivity index (χ1) is 8.16. The van der Waals surface area contributed by atoms with Gasteiger partial charge in [-0.3, -0.25) is 0 Å². The van der Waals surface area contributed by atoms with Crippen molar-refractivity contribution in [3.63, 3.8) is 0 Å². The van der Waals surface area contributed by atoms with Crippen LogP contribution in [0.4, 0.5) is 4.39 Å². The Balaban J connectivity index is 0.000000280. The average molecular weight is 298 g/mol. The molecule has 0 bridgehead atoms. The second-order valence-electron chi connectivity index (χ2n) is 4.04. The zero-order chi connectivity index (χ0) is 13.9. The molecule has 0 saturated carbocycles. The molecule has 0 fully saturated rings. The van der Waals surface area contributed by atoms with Gasteiger partial charge in [-0.15, -0.1) is 0 Å². The van der Waals surface area contributed by atoms with E-state index in [1.54, 1.807) is 6.07 Å². The highest BCUT2D eigenvalue weighted by molar-refractivity contribution is 7.45. The Morgan fingerprint density at radius 1 is 1.39 bits per heavy atom. The maximum Gasteiger partial charge on any atom is 0.466 e. The van der Waals surface area contributed by atoms with Gasteiger partial charge in [0.15, 0.2) is 0 Å². The normalized spacial score (nSPS) is 18.7. The topological polar surface area (TPSA) is 104 Å². The molecule has 102 valence electrons. The average Bonchev–Trinajstić information content (AvgIpc) is 2.16. The van der Waals surface area contributed by atoms with Gasteiger partial charge in [-0.2, -0.15) is 0 Å². The molecule has 1 aromatic carbocycles. The van der Waals surface area contributed by atoms with E-state index in [1.807, 2.05) is 0 Å². The molecule has 8 heteroatoms. The minimum Gasteiger partial charge on any atom is -0.327 e. The lowest BCUT2D eigenvalue weighted by molar-refractivity contribution is 0.275. The number of hydrogen-bond acceptors (Lipinski definition) is 2. The number of nitrogens with two attached hydrogens (primary N) is 1. The Labute approximate surface area is 109 Å². The molecule has 5 nitrogen and oxygen atoms in total. The summed E-state index contributed by atoms with van der Waals surface area (Å²) < 4.78 is 21.8. The van der Waals surface area contributed by atoms with Crippen molar-refractivity contribution in [2.24, 2.45) is 5.73 Å². The Morgan fingerprint density at radius 3 is 2.50 bits per heavy atom. The SMILES string of the molecule is N[C@H]1CCc2cc(F)cc(Cl)c2C1.O=P(O)(O)O. The number of fused-ring (bicyclic) bond motifs is 1. The van der Waals surface area contributed by atoms with Gasteiger partial charge in [-0.1, -0.05) is 11.6 Å². The molecule has 0 aromatic heterocycles. The first-order valence-corrected chi connectivity index (χ1v) is 7.12. The van der Waals surface area contributed by atoms with Gasteiger partial charge in [0, 0.05) is 11.1 Å². The molecule has 0 heterocycles. The summed E-state index contributed by atoms with van der Waals surface area (Å²) in [7, 11) is -4.64. The summed E-state index contributed by atoms with van der Waals surface area (Å²) in [4.78, 5) is 21.6. The van der Waals surface area contributed by atoms with Crippen LogP contribution in [-0.4, -0.2) is 20.7 Å². The van der Waals surface area contributed by atoms with Crippen molar-refractivity contribution in [3.05, 3.63) is 34.1 Å². The molecule has 0 radical (unpaired) electrons. The summed E-state index contributed by atoms with van der Waals surface area (Å²) in [6.45, 7) is 0. The maximum atomic E-state index is 12.9. The van der Waals surface area contributed by atoms with Crippen LogP contribution in [0.2, 0.25) is 5.02 Å². The van der Waals surface area contributed by atoms with E-state index < -0.39 is 7.82 Å². The van der Waals surface area contributed by atoms with Crippen LogP contribution in [0.5, 0.6) is 0 Å². The molecule has 1 aliphatic carbocycles. The predicted octanol–water partition coefficient (Wildman–Crippen LogP) is 1.37. The number of benzene rings is 1. The molecular formula is C10H14ClFNO4P. The minimum atomic E-state index is -4.64. The van der Waals surface area contributed by atoms with Crippen LogP contribution >= 0.6 is 19.4 Å². The standard InChI is InChI=1S/C10H11ClFN.H3O4P/c11-10-4-7(12)3-6-1-2-8(13)5-9(6)10;1-5(2,3)4/h3-4,8H,1-2,5,13H2;(H3,1,2,3,4)/t8-;/m0./s1. The maximum absolute atomic E-state index is 12.9. The molecule has 1 aliphatic rings. The lowest BCUT2D eigenvalue weighted by Crippen LogP contribution is -2.28. The lowest BCUT2D eigenvalue weighted by atomic mass is 9.89. The van der Waals surface area contributed by atoms with E-state index in [0.717, 1.165) is 30.4 Å². The van der Waals surface area contributed by atoms with Crippen LogP contribution in [0.3, 0.4) is 0 Å². The van der Waals surface area contributed by atoms with E-state index in [2.05, 4.69) is 0 Å². The van der Waals surface area contributed by atoms with Crippen molar-refractivity contribution in [2.75, 3.05) is 0 Å². The predicted molar refractivity (Wildman–Crippen MR) is 65.7 cm³/mol. The Bertz CT molecular complexity index is 471. The lowest BCUT2D eigenvalue weighted by Gasteiger charge is -2.22. The smallest absolute Gasteiger partial charge is 0.327 e. The minimum absolute atomic E-state index is 0.176. The van der Waals surface area contributed by atoms with E-state index >= 15 is 0 Å². The highest BCUT2D eigenvalue weighted by Crippen LogP contribution is 2.28. The van der Waals surface area contributed by atoms with Crippen LogP contribution < -0.4 is 5.73 Å². The summed E-state index contributed by atoms with van der Waals surface area (Å²) in [5.74, 6) is -0.251. The number of hydrogen-bond donors (Lipinski definition) is 4. The molecule has 2 rings (SSSR count). The fourth-order valence-electron chi connectivity index (χ4n) is 1.81. The van der Waals surface area contributed by atoms with Crippen LogP contribution in [0.1, 0.15) is 17.5 Å². The molecule has 0 amide bonds. The van der Waals surface area contributed by atoms with Crippen molar-refractivity contribution in [2.45, 2.75) is 25.3 Å². The molecule has 1 atom stereocenters. The molecule has 1 aromatic rings. The van der Waals surface area contributed by atoms with Gasteiger partial charge < -0.3 is 20.4 Å². The fourth-order valence-corrected chi connectivity index (χ4v) is 2.12. The zero-order valence-electron chi connectivity index (χ0n) is 9.38. The molecule has 0 unspecified atom stereocenters. The first kappa shape index (κ1) is 15.6. The Kier molecular flexibility index (Phi) is 5.28. The van der Waals surface area contributed by atoms with Gasteiger partial charge in [-0.05, 0) is 42.5 Å². The van der Waals surface area contributed by atoms with Gasteiger partial charge in [-0.25, -0.2) is 8.96 Å². The van der Waals surface area contributed by atoms with Crippen LogP contribution in [-0.2, 0) is 17.4 Å². The van der Waals surface area contributed by atoms with Crippen LogP contribution in [0.25, 0.3) is 0 Å². The van der Waals surface area contributed by atoms with E-state index in [4.69, 9.17) is 36.6 Å². The second kappa shape index (κ2) is 6.10. The van der Waals surface area contributed by atoms with E-state index in [-0.39, 0.29) is 11.9 Å². The second-order valence-corrected chi connectivity index (χ2v) is 5.48. The molecular weight excluding hydrogens is 284 g/mol. The quantitative estimate of drug-likeness (QED) is 0.541. The summed E-state index contributed by atoms with van der Waals surface area (Å²) in [5.41, 5.74) is 7.85. The fraction of sp³-hybridized carbons (Fsp3) is 0.400. The summed E-state index contributed by atoms with van der Waals surface area (Å²) in [6.07, 6.45) is 2.54.